The summed E-state index contributed by atoms with van der Waals surface area (Å²) in [4.78, 5) is 15.9. The summed E-state index contributed by atoms with van der Waals surface area (Å²) < 4.78 is 0. The minimum Gasteiger partial charge on any atom is -0.354 e. The number of nitrogens with one attached hydrogen (secondary N) is 3. The SMILES string of the molecule is CC(C)NC(=O)Nc1ccc(Nc2ccccc2C(C)C)cn1. The van der Waals surface area contributed by atoms with Gasteiger partial charge in [0.1, 0.15) is 5.82 Å². The molecule has 1 aromatic heterocycles. The first-order chi connectivity index (χ1) is 11.0. The van der Waals surface area contributed by atoms with E-state index in [0.717, 1.165) is 11.4 Å². The molecule has 2 amide bonds. The summed E-state index contributed by atoms with van der Waals surface area (Å²) in [5.41, 5.74) is 3.21. The lowest BCUT2D eigenvalue weighted by Crippen LogP contribution is -2.34. The van der Waals surface area contributed by atoms with Crippen molar-refractivity contribution >= 4 is 23.2 Å². The lowest BCUT2D eigenvalue weighted by Gasteiger charge is -2.15. The summed E-state index contributed by atoms with van der Waals surface area (Å²) in [6.07, 6.45) is 1.71. The van der Waals surface area contributed by atoms with Crippen LogP contribution in [0.5, 0.6) is 0 Å². The summed E-state index contributed by atoms with van der Waals surface area (Å²) in [5, 5.41) is 8.84. The molecule has 0 unspecified atom stereocenters. The Morgan fingerprint density at radius 3 is 2.39 bits per heavy atom. The van der Waals surface area contributed by atoms with Gasteiger partial charge in [-0.15, -0.1) is 0 Å². The van der Waals surface area contributed by atoms with Gasteiger partial charge in [-0.05, 0) is 43.5 Å². The number of carbonyl (C=O) groups excluding carboxylic acids is 1. The molecule has 0 saturated heterocycles. The highest BCUT2D eigenvalue weighted by Crippen LogP contribution is 2.26. The van der Waals surface area contributed by atoms with Crippen molar-refractivity contribution in [1.29, 1.82) is 0 Å². The second kappa shape index (κ2) is 7.63. The third-order valence-electron chi connectivity index (χ3n) is 3.29. The first-order valence-electron chi connectivity index (χ1n) is 7.85. The second-order valence-electron chi connectivity index (χ2n) is 6.05. The number of aromatic nitrogens is 1. The van der Waals surface area contributed by atoms with Crippen LogP contribution in [0.1, 0.15) is 39.2 Å². The zero-order valence-electron chi connectivity index (χ0n) is 14.1. The third-order valence-corrected chi connectivity index (χ3v) is 3.29. The lowest BCUT2D eigenvalue weighted by molar-refractivity contribution is 0.250. The van der Waals surface area contributed by atoms with Gasteiger partial charge < -0.3 is 10.6 Å². The van der Waals surface area contributed by atoms with E-state index in [1.54, 1.807) is 12.3 Å². The van der Waals surface area contributed by atoms with Crippen LogP contribution in [-0.4, -0.2) is 17.1 Å². The number of hydrogen-bond acceptors (Lipinski definition) is 3. The topological polar surface area (TPSA) is 66.1 Å². The zero-order valence-corrected chi connectivity index (χ0v) is 14.1. The molecular formula is C18H24N4O. The molecule has 0 aliphatic rings. The molecule has 3 N–H and O–H groups in total. The van der Waals surface area contributed by atoms with Crippen molar-refractivity contribution in [3.63, 3.8) is 0 Å². The van der Waals surface area contributed by atoms with Crippen LogP contribution in [0.25, 0.3) is 0 Å². The van der Waals surface area contributed by atoms with Gasteiger partial charge in [-0.2, -0.15) is 0 Å². The average Bonchev–Trinajstić information content (AvgIpc) is 2.48. The van der Waals surface area contributed by atoms with Crippen molar-refractivity contribution in [2.75, 3.05) is 10.6 Å². The summed E-state index contributed by atoms with van der Waals surface area (Å²) >= 11 is 0. The second-order valence-corrected chi connectivity index (χ2v) is 6.05. The molecule has 0 saturated carbocycles. The molecular weight excluding hydrogens is 288 g/mol. The number of nitrogens with zero attached hydrogens (tertiary/aromatic N) is 1. The van der Waals surface area contributed by atoms with E-state index in [-0.39, 0.29) is 12.1 Å². The van der Waals surface area contributed by atoms with Crippen molar-refractivity contribution in [1.82, 2.24) is 10.3 Å². The monoisotopic (exact) mass is 312 g/mol. The molecule has 5 heteroatoms. The smallest absolute Gasteiger partial charge is 0.320 e. The molecule has 0 fully saturated rings. The van der Waals surface area contributed by atoms with Crippen LogP contribution in [0.15, 0.2) is 42.6 Å². The molecule has 1 aromatic carbocycles. The van der Waals surface area contributed by atoms with Gasteiger partial charge in [0.15, 0.2) is 0 Å². The average molecular weight is 312 g/mol. The minimum atomic E-state index is -0.252. The molecule has 5 nitrogen and oxygen atoms in total. The Morgan fingerprint density at radius 1 is 1.04 bits per heavy atom. The van der Waals surface area contributed by atoms with Crippen LogP contribution in [0, 0.1) is 0 Å². The number of amides is 2. The van der Waals surface area contributed by atoms with Crippen molar-refractivity contribution in [2.24, 2.45) is 0 Å². The lowest BCUT2D eigenvalue weighted by atomic mass is 10.0. The third kappa shape index (κ3) is 4.98. The van der Waals surface area contributed by atoms with Gasteiger partial charge in [0, 0.05) is 11.7 Å². The van der Waals surface area contributed by atoms with Crippen molar-refractivity contribution in [3.05, 3.63) is 48.2 Å². The van der Waals surface area contributed by atoms with Gasteiger partial charge in [0.2, 0.25) is 0 Å². The summed E-state index contributed by atoms with van der Waals surface area (Å²) in [6.45, 7) is 8.15. The number of para-hydroxylation sites is 1. The van der Waals surface area contributed by atoms with Crippen LogP contribution < -0.4 is 16.0 Å². The van der Waals surface area contributed by atoms with E-state index in [0.29, 0.717) is 11.7 Å². The van der Waals surface area contributed by atoms with Crippen LogP contribution in [0.2, 0.25) is 0 Å². The minimum absolute atomic E-state index is 0.0866. The summed E-state index contributed by atoms with van der Waals surface area (Å²) in [6, 6.07) is 11.7. The molecule has 0 radical (unpaired) electrons. The van der Waals surface area contributed by atoms with Crippen LogP contribution in [0.4, 0.5) is 22.0 Å². The molecule has 0 atom stereocenters. The summed E-state index contributed by atoms with van der Waals surface area (Å²) in [5.74, 6) is 0.957. The van der Waals surface area contributed by atoms with E-state index in [1.165, 1.54) is 5.56 Å². The zero-order chi connectivity index (χ0) is 16.8. The highest BCUT2D eigenvalue weighted by Gasteiger charge is 2.07. The highest BCUT2D eigenvalue weighted by atomic mass is 16.2. The van der Waals surface area contributed by atoms with E-state index >= 15 is 0 Å². The summed E-state index contributed by atoms with van der Waals surface area (Å²) in [7, 11) is 0. The maximum Gasteiger partial charge on any atom is 0.320 e. The van der Waals surface area contributed by atoms with Gasteiger partial charge in [-0.1, -0.05) is 32.0 Å². The van der Waals surface area contributed by atoms with Crippen LogP contribution in [-0.2, 0) is 0 Å². The normalized spacial score (nSPS) is 10.7. The Morgan fingerprint density at radius 2 is 1.78 bits per heavy atom. The van der Waals surface area contributed by atoms with Crippen LogP contribution >= 0.6 is 0 Å². The van der Waals surface area contributed by atoms with Crippen molar-refractivity contribution < 1.29 is 4.79 Å². The number of rotatable bonds is 5. The standard InChI is InChI=1S/C18H24N4O/c1-12(2)15-7-5-6-8-16(15)21-14-9-10-17(19-11-14)22-18(23)20-13(3)4/h5-13,21H,1-4H3,(H2,19,20,22,23). The first kappa shape index (κ1) is 16.8. The van der Waals surface area contributed by atoms with Gasteiger partial charge in [-0.25, -0.2) is 9.78 Å². The molecule has 0 bridgehead atoms. The van der Waals surface area contributed by atoms with E-state index in [2.05, 4.69) is 46.9 Å². The van der Waals surface area contributed by atoms with Crippen molar-refractivity contribution in [3.8, 4) is 0 Å². The number of benzene rings is 1. The quantitative estimate of drug-likeness (QED) is 0.762. The number of hydrogen-bond donors (Lipinski definition) is 3. The molecule has 1 heterocycles. The predicted molar refractivity (Wildman–Crippen MR) is 95.3 cm³/mol. The molecule has 2 aromatic rings. The fraction of sp³-hybridized carbons (Fsp3) is 0.333. The number of pyridine rings is 1. The predicted octanol–water partition coefficient (Wildman–Crippen LogP) is 4.48. The van der Waals surface area contributed by atoms with Gasteiger partial charge in [0.05, 0.1) is 11.9 Å². The first-order valence-corrected chi connectivity index (χ1v) is 7.85. The Kier molecular flexibility index (Phi) is 5.57. The number of anilines is 3. The highest BCUT2D eigenvalue weighted by molar-refractivity contribution is 5.88. The fourth-order valence-corrected chi connectivity index (χ4v) is 2.23. The molecule has 23 heavy (non-hydrogen) atoms. The van der Waals surface area contributed by atoms with Crippen LogP contribution in [0.3, 0.4) is 0 Å². The Bertz CT molecular complexity index is 650. The van der Waals surface area contributed by atoms with Gasteiger partial charge in [-0.3, -0.25) is 5.32 Å². The maximum atomic E-state index is 11.6. The number of carbonyl (C=O) groups is 1. The largest absolute Gasteiger partial charge is 0.354 e. The molecule has 2 rings (SSSR count). The Balaban J connectivity index is 2.05. The Hall–Kier alpha value is -2.56. The van der Waals surface area contributed by atoms with E-state index < -0.39 is 0 Å². The molecule has 122 valence electrons. The Labute approximate surface area is 137 Å². The van der Waals surface area contributed by atoms with E-state index in [1.807, 2.05) is 32.0 Å². The fourth-order valence-electron chi connectivity index (χ4n) is 2.23. The maximum absolute atomic E-state index is 11.6. The van der Waals surface area contributed by atoms with Crippen molar-refractivity contribution in [2.45, 2.75) is 39.7 Å². The number of urea groups is 1. The van der Waals surface area contributed by atoms with Gasteiger partial charge >= 0.3 is 6.03 Å². The van der Waals surface area contributed by atoms with Gasteiger partial charge in [0.25, 0.3) is 0 Å². The van der Waals surface area contributed by atoms with E-state index in [4.69, 9.17) is 0 Å². The molecule has 0 aliphatic heterocycles. The molecule has 0 spiro atoms. The molecule has 0 aliphatic carbocycles. The van der Waals surface area contributed by atoms with E-state index in [9.17, 15) is 4.79 Å².